The molecule has 3 nitrogen and oxygen atoms in total. The van der Waals surface area contributed by atoms with Crippen molar-refractivity contribution in [1.29, 1.82) is 0 Å². The van der Waals surface area contributed by atoms with Crippen molar-refractivity contribution in [2.24, 2.45) is 7.05 Å². The van der Waals surface area contributed by atoms with Gasteiger partial charge in [-0.05, 0) is 40.7 Å². The van der Waals surface area contributed by atoms with Crippen molar-refractivity contribution in [2.75, 3.05) is 0 Å². The van der Waals surface area contributed by atoms with E-state index in [-0.39, 0.29) is 0 Å². The number of hydrogen-bond acceptors (Lipinski definition) is 3. The Balaban J connectivity index is 2.01. The zero-order valence-corrected chi connectivity index (χ0v) is 13.3. The Morgan fingerprint density at radius 3 is 2.94 bits per heavy atom. The molecule has 2 aromatic heterocycles. The topological polar surface area (TPSA) is 29.9 Å². The first-order valence-electron chi connectivity index (χ1n) is 6.09. The highest BCUT2D eigenvalue weighted by Gasteiger charge is 2.12. The Morgan fingerprint density at radius 1 is 1.56 bits per heavy atom. The van der Waals surface area contributed by atoms with Gasteiger partial charge in [0.25, 0.3) is 0 Å². The van der Waals surface area contributed by atoms with Crippen LogP contribution in [0.25, 0.3) is 0 Å². The first kappa shape index (κ1) is 13.8. The van der Waals surface area contributed by atoms with Crippen LogP contribution in [0.3, 0.4) is 0 Å². The average molecular weight is 328 g/mol. The zero-order chi connectivity index (χ0) is 13.1. The molecule has 0 aliphatic rings. The molecule has 0 radical (unpaired) electrons. The molecule has 2 rings (SSSR count). The maximum absolute atomic E-state index is 4.46. The van der Waals surface area contributed by atoms with Gasteiger partial charge in [0.1, 0.15) is 0 Å². The van der Waals surface area contributed by atoms with Crippen LogP contribution in [-0.4, -0.2) is 9.78 Å². The van der Waals surface area contributed by atoms with E-state index in [2.05, 4.69) is 57.8 Å². The minimum Gasteiger partial charge on any atom is -0.305 e. The smallest absolute Gasteiger partial charge is 0.0666 e. The van der Waals surface area contributed by atoms with Crippen LogP contribution in [0.15, 0.2) is 22.1 Å². The molecule has 0 saturated carbocycles. The lowest BCUT2D eigenvalue weighted by molar-refractivity contribution is 0.579. The summed E-state index contributed by atoms with van der Waals surface area (Å²) < 4.78 is 3.08. The SMILES string of the molecule is CCc1nn(C)cc1CNC(C)c1sccc1Br. The second-order valence-electron chi connectivity index (χ2n) is 4.36. The van der Waals surface area contributed by atoms with Crippen LogP contribution in [0.2, 0.25) is 0 Å². The first-order chi connectivity index (χ1) is 8.61. The molecule has 0 bridgehead atoms. The minimum absolute atomic E-state index is 0.351. The lowest BCUT2D eigenvalue weighted by Gasteiger charge is -2.12. The van der Waals surface area contributed by atoms with Gasteiger partial charge in [0.15, 0.2) is 0 Å². The predicted octanol–water partition coefficient (Wildman–Crippen LogP) is 3.66. The van der Waals surface area contributed by atoms with Gasteiger partial charge >= 0.3 is 0 Å². The van der Waals surface area contributed by atoms with Crippen molar-refractivity contribution < 1.29 is 0 Å². The molecule has 0 spiro atoms. The van der Waals surface area contributed by atoms with Crippen LogP contribution in [0.1, 0.15) is 36.0 Å². The molecular formula is C13H18BrN3S. The molecule has 1 N–H and O–H groups in total. The van der Waals surface area contributed by atoms with E-state index in [4.69, 9.17) is 0 Å². The Bertz CT molecular complexity index is 518. The van der Waals surface area contributed by atoms with Gasteiger partial charge in [0.2, 0.25) is 0 Å². The quantitative estimate of drug-likeness (QED) is 0.908. The summed E-state index contributed by atoms with van der Waals surface area (Å²) >= 11 is 5.36. The summed E-state index contributed by atoms with van der Waals surface area (Å²) in [4.78, 5) is 1.34. The minimum atomic E-state index is 0.351. The van der Waals surface area contributed by atoms with Crippen molar-refractivity contribution in [3.05, 3.63) is 38.3 Å². The number of thiophene rings is 1. The highest BCUT2D eigenvalue weighted by Crippen LogP contribution is 2.28. The Labute approximate surface area is 120 Å². The average Bonchev–Trinajstić information content (AvgIpc) is 2.92. The van der Waals surface area contributed by atoms with E-state index in [9.17, 15) is 0 Å². The number of nitrogens with one attached hydrogen (secondary N) is 1. The Hall–Kier alpha value is -0.650. The third-order valence-corrected chi connectivity index (χ3v) is 5.02. The molecule has 2 heterocycles. The largest absolute Gasteiger partial charge is 0.305 e. The zero-order valence-electron chi connectivity index (χ0n) is 10.9. The predicted molar refractivity (Wildman–Crippen MR) is 79.9 cm³/mol. The summed E-state index contributed by atoms with van der Waals surface area (Å²) in [6.07, 6.45) is 3.08. The lowest BCUT2D eigenvalue weighted by Crippen LogP contribution is -2.17. The van der Waals surface area contributed by atoms with E-state index in [1.807, 2.05) is 11.7 Å². The maximum Gasteiger partial charge on any atom is 0.0666 e. The van der Waals surface area contributed by atoms with E-state index in [1.54, 1.807) is 11.3 Å². The van der Waals surface area contributed by atoms with Gasteiger partial charge in [-0.25, -0.2) is 0 Å². The van der Waals surface area contributed by atoms with E-state index >= 15 is 0 Å². The van der Waals surface area contributed by atoms with Gasteiger partial charge in [-0.1, -0.05) is 6.92 Å². The molecule has 0 fully saturated rings. The summed E-state index contributed by atoms with van der Waals surface area (Å²) in [6.45, 7) is 5.20. The van der Waals surface area contributed by atoms with Gasteiger partial charge < -0.3 is 5.32 Å². The molecule has 0 aromatic carbocycles. The Kier molecular flexibility index (Phi) is 4.59. The van der Waals surface area contributed by atoms with Crippen molar-refractivity contribution in [3.63, 3.8) is 0 Å². The fourth-order valence-electron chi connectivity index (χ4n) is 2.00. The summed E-state index contributed by atoms with van der Waals surface area (Å²) in [5, 5.41) is 10.1. The monoisotopic (exact) mass is 327 g/mol. The molecule has 1 unspecified atom stereocenters. The fourth-order valence-corrected chi connectivity index (χ4v) is 3.75. The van der Waals surface area contributed by atoms with Crippen molar-refractivity contribution in [2.45, 2.75) is 32.9 Å². The molecule has 5 heteroatoms. The van der Waals surface area contributed by atoms with Gasteiger partial charge in [-0.15, -0.1) is 11.3 Å². The number of aromatic nitrogens is 2. The highest BCUT2D eigenvalue weighted by molar-refractivity contribution is 9.10. The molecule has 2 aromatic rings. The van der Waals surface area contributed by atoms with Crippen molar-refractivity contribution >= 4 is 27.3 Å². The number of aryl methyl sites for hydroxylation is 2. The number of nitrogens with zero attached hydrogens (tertiary/aromatic N) is 2. The normalized spacial score (nSPS) is 12.9. The lowest BCUT2D eigenvalue weighted by atomic mass is 10.2. The molecule has 1 atom stereocenters. The molecular weight excluding hydrogens is 310 g/mol. The summed E-state index contributed by atoms with van der Waals surface area (Å²) in [6, 6.07) is 2.45. The third kappa shape index (κ3) is 3.02. The van der Waals surface area contributed by atoms with E-state index in [0.29, 0.717) is 6.04 Å². The first-order valence-corrected chi connectivity index (χ1v) is 7.76. The highest BCUT2D eigenvalue weighted by atomic mass is 79.9. The number of halogens is 1. The van der Waals surface area contributed by atoms with Gasteiger partial charge in [0.05, 0.1) is 5.69 Å². The van der Waals surface area contributed by atoms with Crippen molar-refractivity contribution in [1.82, 2.24) is 15.1 Å². The van der Waals surface area contributed by atoms with Gasteiger partial charge in [-0.3, -0.25) is 4.68 Å². The third-order valence-electron chi connectivity index (χ3n) is 2.96. The molecule has 18 heavy (non-hydrogen) atoms. The standard InChI is InChI=1S/C13H18BrN3S/c1-4-12-10(8-17(3)16-12)7-15-9(2)13-11(14)5-6-18-13/h5-6,8-9,15H,4,7H2,1-3H3. The fraction of sp³-hybridized carbons (Fsp3) is 0.462. The molecule has 98 valence electrons. The number of hydrogen-bond donors (Lipinski definition) is 1. The molecule has 0 saturated heterocycles. The second kappa shape index (κ2) is 5.99. The molecule has 0 amide bonds. The van der Waals surface area contributed by atoms with Crippen LogP contribution in [0, 0.1) is 0 Å². The maximum atomic E-state index is 4.46. The summed E-state index contributed by atoms with van der Waals surface area (Å²) in [7, 11) is 1.97. The summed E-state index contributed by atoms with van der Waals surface area (Å²) in [5.74, 6) is 0. The van der Waals surface area contributed by atoms with Crippen LogP contribution >= 0.6 is 27.3 Å². The van der Waals surface area contributed by atoms with Crippen LogP contribution < -0.4 is 5.32 Å². The van der Waals surface area contributed by atoms with Gasteiger partial charge in [-0.2, -0.15) is 5.10 Å². The van der Waals surface area contributed by atoms with Crippen LogP contribution in [-0.2, 0) is 20.0 Å². The van der Waals surface area contributed by atoms with Crippen LogP contribution in [0.5, 0.6) is 0 Å². The Morgan fingerprint density at radius 2 is 2.33 bits per heavy atom. The van der Waals surface area contributed by atoms with Crippen molar-refractivity contribution in [3.8, 4) is 0 Å². The van der Waals surface area contributed by atoms with E-state index in [0.717, 1.165) is 13.0 Å². The van der Waals surface area contributed by atoms with E-state index < -0.39 is 0 Å². The van der Waals surface area contributed by atoms with E-state index in [1.165, 1.54) is 20.6 Å². The van der Waals surface area contributed by atoms with Gasteiger partial charge in [0, 0.05) is 40.7 Å². The molecule has 0 aliphatic carbocycles. The number of rotatable bonds is 5. The summed E-state index contributed by atoms with van der Waals surface area (Å²) in [5.41, 5.74) is 2.47. The molecule has 0 aliphatic heterocycles. The second-order valence-corrected chi connectivity index (χ2v) is 6.17. The van der Waals surface area contributed by atoms with Crippen LogP contribution in [0.4, 0.5) is 0 Å².